The zero-order chi connectivity index (χ0) is 11.4. The molecular formula is C13H26N2O. The van der Waals surface area contributed by atoms with Gasteiger partial charge < -0.3 is 15.0 Å². The first-order valence-electron chi connectivity index (χ1n) is 6.83. The number of hydrogen-bond donors (Lipinski definition) is 1. The molecule has 3 atom stereocenters. The van der Waals surface area contributed by atoms with E-state index in [9.17, 15) is 0 Å². The highest BCUT2D eigenvalue weighted by atomic mass is 16.5. The molecular weight excluding hydrogens is 200 g/mol. The Morgan fingerprint density at radius 3 is 2.94 bits per heavy atom. The van der Waals surface area contributed by atoms with Crippen LogP contribution in [-0.4, -0.2) is 50.3 Å². The molecule has 2 aliphatic rings. The van der Waals surface area contributed by atoms with E-state index in [0.717, 1.165) is 25.0 Å². The normalized spacial score (nSPS) is 33.4. The minimum atomic E-state index is 0.623. The van der Waals surface area contributed by atoms with Crippen LogP contribution in [0, 0.1) is 11.8 Å². The van der Waals surface area contributed by atoms with Crippen molar-refractivity contribution in [3.63, 3.8) is 0 Å². The molecule has 0 saturated carbocycles. The molecule has 1 N–H and O–H groups in total. The van der Waals surface area contributed by atoms with Gasteiger partial charge in [-0.3, -0.25) is 0 Å². The first kappa shape index (κ1) is 12.3. The van der Waals surface area contributed by atoms with Gasteiger partial charge in [-0.1, -0.05) is 6.92 Å². The highest BCUT2D eigenvalue weighted by molar-refractivity contribution is 4.80. The largest absolute Gasteiger partial charge is 0.381 e. The molecule has 0 aromatic carbocycles. The number of rotatable bonds is 5. The summed E-state index contributed by atoms with van der Waals surface area (Å²) in [7, 11) is 0. The number of nitrogens with zero attached hydrogens (tertiary/aromatic N) is 1. The van der Waals surface area contributed by atoms with Gasteiger partial charge in [0, 0.05) is 19.2 Å². The monoisotopic (exact) mass is 226 g/mol. The molecule has 3 unspecified atom stereocenters. The van der Waals surface area contributed by atoms with Crippen molar-refractivity contribution in [1.82, 2.24) is 10.2 Å². The number of nitrogens with one attached hydrogen (secondary N) is 1. The lowest BCUT2D eigenvalue weighted by atomic mass is 10.00. The molecule has 16 heavy (non-hydrogen) atoms. The summed E-state index contributed by atoms with van der Waals surface area (Å²) in [6, 6.07) is 0.623. The summed E-state index contributed by atoms with van der Waals surface area (Å²) in [4.78, 5) is 2.55. The number of ether oxygens (including phenoxy) is 1. The van der Waals surface area contributed by atoms with Crippen LogP contribution in [0.2, 0.25) is 0 Å². The summed E-state index contributed by atoms with van der Waals surface area (Å²) in [5.74, 6) is 1.61. The first-order chi connectivity index (χ1) is 7.79. The third-order valence-corrected chi connectivity index (χ3v) is 4.22. The summed E-state index contributed by atoms with van der Waals surface area (Å²) < 4.78 is 5.44. The Morgan fingerprint density at radius 1 is 1.44 bits per heavy atom. The van der Waals surface area contributed by atoms with Crippen LogP contribution in [0.5, 0.6) is 0 Å². The van der Waals surface area contributed by atoms with E-state index in [0.29, 0.717) is 6.04 Å². The van der Waals surface area contributed by atoms with Crippen molar-refractivity contribution >= 4 is 0 Å². The third-order valence-electron chi connectivity index (χ3n) is 4.22. The summed E-state index contributed by atoms with van der Waals surface area (Å²) in [6.07, 6.45) is 2.61. The van der Waals surface area contributed by atoms with Crippen LogP contribution < -0.4 is 5.32 Å². The summed E-state index contributed by atoms with van der Waals surface area (Å²) in [5, 5.41) is 3.70. The Kier molecular flexibility index (Phi) is 4.62. The van der Waals surface area contributed by atoms with E-state index in [-0.39, 0.29) is 0 Å². The third kappa shape index (κ3) is 3.19. The van der Waals surface area contributed by atoms with Crippen molar-refractivity contribution in [3.05, 3.63) is 0 Å². The molecule has 2 saturated heterocycles. The van der Waals surface area contributed by atoms with Crippen LogP contribution in [0.15, 0.2) is 0 Å². The highest BCUT2D eigenvalue weighted by Gasteiger charge is 2.25. The molecule has 2 rings (SSSR count). The highest BCUT2D eigenvalue weighted by Crippen LogP contribution is 2.18. The van der Waals surface area contributed by atoms with E-state index >= 15 is 0 Å². The number of hydrogen-bond acceptors (Lipinski definition) is 3. The molecule has 0 aromatic rings. The average molecular weight is 226 g/mol. The van der Waals surface area contributed by atoms with Gasteiger partial charge in [0.15, 0.2) is 0 Å². The van der Waals surface area contributed by atoms with Crippen molar-refractivity contribution in [2.24, 2.45) is 11.8 Å². The van der Waals surface area contributed by atoms with E-state index in [2.05, 4.69) is 24.1 Å². The molecule has 2 heterocycles. The van der Waals surface area contributed by atoms with Crippen LogP contribution in [0.3, 0.4) is 0 Å². The second kappa shape index (κ2) is 5.99. The summed E-state index contributed by atoms with van der Waals surface area (Å²) in [6.45, 7) is 11.5. The molecule has 0 aromatic heterocycles. The smallest absolute Gasteiger partial charge is 0.0509 e. The Bertz CT molecular complexity index is 204. The maximum atomic E-state index is 5.44. The topological polar surface area (TPSA) is 24.5 Å². The van der Waals surface area contributed by atoms with Crippen molar-refractivity contribution in [1.29, 1.82) is 0 Å². The quantitative estimate of drug-likeness (QED) is 0.766. The number of likely N-dealkylation sites (tertiary alicyclic amines) is 1. The predicted octanol–water partition coefficient (Wildman–Crippen LogP) is 1.34. The molecule has 2 fully saturated rings. The Balaban J connectivity index is 1.63. The lowest BCUT2D eigenvalue weighted by Gasteiger charge is -2.21. The van der Waals surface area contributed by atoms with Gasteiger partial charge in [-0.15, -0.1) is 0 Å². The molecule has 0 amide bonds. The van der Waals surface area contributed by atoms with E-state index < -0.39 is 0 Å². The fourth-order valence-corrected chi connectivity index (χ4v) is 2.83. The minimum Gasteiger partial charge on any atom is -0.381 e. The molecule has 94 valence electrons. The standard InChI is InChI=1S/C13H26N2O/c1-3-15-6-4-12(9-15)8-14-11(2)13-5-7-16-10-13/h11-14H,3-10H2,1-2H3. The van der Waals surface area contributed by atoms with Gasteiger partial charge in [0.05, 0.1) is 6.61 Å². The summed E-state index contributed by atoms with van der Waals surface area (Å²) in [5.41, 5.74) is 0. The van der Waals surface area contributed by atoms with Crippen LogP contribution in [0.25, 0.3) is 0 Å². The molecule has 3 nitrogen and oxygen atoms in total. The van der Waals surface area contributed by atoms with Crippen molar-refractivity contribution in [3.8, 4) is 0 Å². The molecule has 0 bridgehead atoms. The maximum absolute atomic E-state index is 5.44. The average Bonchev–Trinajstić information content (AvgIpc) is 2.96. The zero-order valence-corrected chi connectivity index (χ0v) is 10.7. The molecule has 0 radical (unpaired) electrons. The lowest BCUT2D eigenvalue weighted by molar-refractivity contribution is 0.177. The van der Waals surface area contributed by atoms with E-state index in [1.54, 1.807) is 0 Å². The molecule has 2 aliphatic heterocycles. The van der Waals surface area contributed by atoms with Gasteiger partial charge in [-0.2, -0.15) is 0 Å². The van der Waals surface area contributed by atoms with E-state index in [1.165, 1.54) is 39.0 Å². The van der Waals surface area contributed by atoms with Crippen LogP contribution in [0.1, 0.15) is 26.7 Å². The SMILES string of the molecule is CCN1CCC(CNC(C)C2CCOC2)C1. The first-order valence-corrected chi connectivity index (χ1v) is 6.83. The lowest BCUT2D eigenvalue weighted by Crippen LogP contribution is -2.37. The van der Waals surface area contributed by atoms with E-state index in [1.807, 2.05) is 0 Å². The Morgan fingerprint density at radius 2 is 2.31 bits per heavy atom. The molecule has 3 heteroatoms. The zero-order valence-electron chi connectivity index (χ0n) is 10.7. The molecule has 0 aliphatic carbocycles. The van der Waals surface area contributed by atoms with Crippen molar-refractivity contribution in [2.75, 3.05) is 39.4 Å². The van der Waals surface area contributed by atoms with Crippen LogP contribution in [0.4, 0.5) is 0 Å². The summed E-state index contributed by atoms with van der Waals surface area (Å²) >= 11 is 0. The second-order valence-corrected chi connectivity index (χ2v) is 5.37. The van der Waals surface area contributed by atoms with Crippen molar-refractivity contribution in [2.45, 2.75) is 32.7 Å². The molecule has 0 spiro atoms. The fraction of sp³-hybridized carbons (Fsp3) is 1.00. The van der Waals surface area contributed by atoms with Gasteiger partial charge in [0.25, 0.3) is 0 Å². The Labute approximate surface area is 99.5 Å². The van der Waals surface area contributed by atoms with Gasteiger partial charge in [-0.05, 0) is 51.2 Å². The van der Waals surface area contributed by atoms with Gasteiger partial charge in [0.1, 0.15) is 0 Å². The van der Waals surface area contributed by atoms with E-state index in [4.69, 9.17) is 4.74 Å². The predicted molar refractivity (Wildman–Crippen MR) is 66.6 cm³/mol. The second-order valence-electron chi connectivity index (χ2n) is 5.37. The maximum Gasteiger partial charge on any atom is 0.0509 e. The van der Waals surface area contributed by atoms with Crippen LogP contribution >= 0.6 is 0 Å². The van der Waals surface area contributed by atoms with Gasteiger partial charge >= 0.3 is 0 Å². The fourth-order valence-electron chi connectivity index (χ4n) is 2.83. The van der Waals surface area contributed by atoms with Gasteiger partial charge in [0.2, 0.25) is 0 Å². The van der Waals surface area contributed by atoms with Gasteiger partial charge in [-0.25, -0.2) is 0 Å². The minimum absolute atomic E-state index is 0.623. The van der Waals surface area contributed by atoms with Crippen molar-refractivity contribution < 1.29 is 4.74 Å². The Hall–Kier alpha value is -0.120. The van der Waals surface area contributed by atoms with Crippen LogP contribution in [-0.2, 0) is 4.74 Å².